The molecule has 0 saturated carbocycles. The Balaban J connectivity index is 2.06. The average molecular weight is 337 g/mol. The van der Waals surface area contributed by atoms with E-state index in [-0.39, 0.29) is 10.8 Å². The first-order valence-electron chi connectivity index (χ1n) is 7.51. The van der Waals surface area contributed by atoms with Crippen LogP contribution in [-0.2, 0) is 10.0 Å². The normalized spacial score (nSPS) is 16.6. The van der Waals surface area contributed by atoms with Gasteiger partial charge in [0.15, 0.2) is 0 Å². The van der Waals surface area contributed by atoms with E-state index in [4.69, 9.17) is 0 Å². The Morgan fingerprint density at radius 2 is 1.74 bits per heavy atom. The van der Waals surface area contributed by atoms with Gasteiger partial charge in [-0.15, -0.1) is 6.58 Å². The topological polar surface area (TPSA) is 60.9 Å². The highest BCUT2D eigenvalue weighted by Crippen LogP contribution is 2.16. The van der Waals surface area contributed by atoms with E-state index in [1.54, 1.807) is 17.0 Å². The third-order valence-electron chi connectivity index (χ3n) is 3.93. The van der Waals surface area contributed by atoms with Gasteiger partial charge in [-0.25, -0.2) is 12.7 Å². The zero-order valence-electron chi connectivity index (χ0n) is 13.6. The number of hydrogen-bond acceptors (Lipinski definition) is 4. The second-order valence-electron chi connectivity index (χ2n) is 5.69. The van der Waals surface area contributed by atoms with Crippen molar-refractivity contribution in [2.45, 2.75) is 4.90 Å². The molecule has 1 amide bonds. The van der Waals surface area contributed by atoms with E-state index in [1.807, 2.05) is 6.08 Å². The molecular weight excluding hydrogens is 314 g/mol. The Morgan fingerprint density at radius 1 is 1.17 bits per heavy atom. The molecule has 6 nitrogen and oxygen atoms in total. The molecule has 0 aromatic heterocycles. The predicted octanol–water partition coefficient (Wildman–Crippen LogP) is 0.881. The van der Waals surface area contributed by atoms with E-state index in [1.165, 1.54) is 26.2 Å². The second-order valence-corrected chi connectivity index (χ2v) is 7.85. The van der Waals surface area contributed by atoms with E-state index in [9.17, 15) is 13.2 Å². The molecule has 0 radical (unpaired) electrons. The van der Waals surface area contributed by atoms with Crippen LogP contribution in [0.3, 0.4) is 0 Å². The van der Waals surface area contributed by atoms with Crippen molar-refractivity contribution in [3.8, 4) is 0 Å². The molecule has 1 aliphatic heterocycles. The van der Waals surface area contributed by atoms with Gasteiger partial charge < -0.3 is 4.90 Å². The number of hydrogen-bond donors (Lipinski definition) is 0. The van der Waals surface area contributed by atoms with Crippen LogP contribution in [0, 0.1) is 0 Å². The van der Waals surface area contributed by atoms with Gasteiger partial charge in [-0.1, -0.05) is 6.08 Å². The summed E-state index contributed by atoms with van der Waals surface area (Å²) in [6.45, 7) is 7.55. The summed E-state index contributed by atoms with van der Waals surface area (Å²) in [4.78, 5) is 16.7. The maximum atomic E-state index is 12.5. The fourth-order valence-electron chi connectivity index (χ4n) is 2.48. The van der Waals surface area contributed by atoms with Crippen molar-refractivity contribution in [3.63, 3.8) is 0 Å². The number of nitrogens with zero attached hydrogens (tertiary/aromatic N) is 3. The van der Waals surface area contributed by atoms with Crippen molar-refractivity contribution in [3.05, 3.63) is 42.5 Å². The molecule has 0 N–H and O–H groups in total. The number of sulfonamides is 1. The summed E-state index contributed by atoms with van der Waals surface area (Å²) >= 11 is 0. The molecule has 0 spiro atoms. The second kappa shape index (κ2) is 7.25. The molecule has 1 aromatic rings. The van der Waals surface area contributed by atoms with Gasteiger partial charge in [-0.05, 0) is 24.3 Å². The van der Waals surface area contributed by atoms with Crippen LogP contribution in [0.1, 0.15) is 10.4 Å². The molecule has 1 aliphatic rings. The minimum atomic E-state index is -3.47. The van der Waals surface area contributed by atoms with Crippen LogP contribution in [0.15, 0.2) is 41.8 Å². The summed E-state index contributed by atoms with van der Waals surface area (Å²) < 4.78 is 25.2. The number of carbonyl (C=O) groups excluding carboxylic acids is 1. The zero-order valence-corrected chi connectivity index (χ0v) is 14.4. The Bertz CT molecular complexity index is 660. The third-order valence-corrected chi connectivity index (χ3v) is 5.76. The summed E-state index contributed by atoms with van der Waals surface area (Å²) in [5, 5.41) is 0. The molecule has 0 aliphatic carbocycles. The molecule has 1 aromatic carbocycles. The molecule has 1 fully saturated rings. The van der Waals surface area contributed by atoms with Crippen molar-refractivity contribution in [2.24, 2.45) is 0 Å². The number of benzene rings is 1. The Morgan fingerprint density at radius 3 is 2.22 bits per heavy atom. The van der Waals surface area contributed by atoms with Crippen molar-refractivity contribution >= 4 is 15.9 Å². The maximum Gasteiger partial charge on any atom is 0.253 e. The van der Waals surface area contributed by atoms with Gasteiger partial charge in [0.2, 0.25) is 10.0 Å². The lowest BCUT2D eigenvalue weighted by molar-refractivity contribution is 0.0650. The Kier molecular flexibility index (Phi) is 5.56. The van der Waals surface area contributed by atoms with Gasteiger partial charge in [-0.2, -0.15) is 0 Å². The largest absolute Gasteiger partial charge is 0.336 e. The summed E-state index contributed by atoms with van der Waals surface area (Å²) in [7, 11) is -0.499. The quantitative estimate of drug-likeness (QED) is 0.749. The van der Waals surface area contributed by atoms with Crippen LogP contribution in [0.2, 0.25) is 0 Å². The highest BCUT2D eigenvalue weighted by Gasteiger charge is 2.22. The molecule has 0 bridgehead atoms. The van der Waals surface area contributed by atoms with E-state index in [0.29, 0.717) is 18.7 Å². The first kappa shape index (κ1) is 17.7. The molecule has 1 heterocycles. The lowest BCUT2D eigenvalue weighted by atomic mass is 10.2. The van der Waals surface area contributed by atoms with Crippen molar-refractivity contribution in [1.82, 2.24) is 14.1 Å². The highest BCUT2D eigenvalue weighted by molar-refractivity contribution is 7.89. The maximum absolute atomic E-state index is 12.5. The zero-order chi connectivity index (χ0) is 17.0. The standard InChI is InChI=1S/C16H23N3O3S/c1-4-9-18-10-12-19(13-11-18)16(20)14-5-7-15(8-6-14)23(21,22)17(2)3/h4-8H,1,9-13H2,2-3H3. The van der Waals surface area contributed by atoms with Crippen LogP contribution >= 0.6 is 0 Å². The molecule has 2 rings (SSSR count). The Hall–Kier alpha value is -1.70. The van der Waals surface area contributed by atoms with Crippen LogP contribution in [0.4, 0.5) is 0 Å². The van der Waals surface area contributed by atoms with Crippen LogP contribution in [-0.4, -0.2) is 75.2 Å². The fourth-order valence-corrected chi connectivity index (χ4v) is 3.38. The molecule has 23 heavy (non-hydrogen) atoms. The number of carbonyl (C=O) groups is 1. The van der Waals surface area contributed by atoms with Crippen LogP contribution in [0.5, 0.6) is 0 Å². The summed E-state index contributed by atoms with van der Waals surface area (Å²) in [6, 6.07) is 6.12. The summed E-state index contributed by atoms with van der Waals surface area (Å²) in [6.07, 6.45) is 1.86. The number of rotatable bonds is 5. The fraction of sp³-hybridized carbons (Fsp3) is 0.438. The first-order chi connectivity index (χ1) is 10.9. The van der Waals surface area contributed by atoms with E-state index < -0.39 is 10.0 Å². The van der Waals surface area contributed by atoms with Gasteiger partial charge in [0.05, 0.1) is 4.90 Å². The van der Waals surface area contributed by atoms with Gasteiger partial charge in [0, 0.05) is 52.4 Å². The van der Waals surface area contributed by atoms with Gasteiger partial charge >= 0.3 is 0 Å². The van der Waals surface area contributed by atoms with Crippen molar-refractivity contribution in [1.29, 1.82) is 0 Å². The highest BCUT2D eigenvalue weighted by atomic mass is 32.2. The lowest BCUT2D eigenvalue weighted by Gasteiger charge is -2.34. The smallest absolute Gasteiger partial charge is 0.253 e. The van der Waals surface area contributed by atoms with Gasteiger partial charge in [0.1, 0.15) is 0 Å². The lowest BCUT2D eigenvalue weighted by Crippen LogP contribution is -2.48. The minimum Gasteiger partial charge on any atom is -0.336 e. The Labute approximate surface area is 138 Å². The molecule has 0 atom stereocenters. The molecule has 1 saturated heterocycles. The number of piperazine rings is 1. The minimum absolute atomic E-state index is 0.0583. The summed E-state index contributed by atoms with van der Waals surface area (Å²) in [5.74, 6) is -0.0583. The van der Waals surface area contributed by atoms with Crippen LogP contribution in [0.25, 0.3) is 0 Å². The molecule has 0 unspecified atom stereocenters. The van der Waals surface area contributed by atoms with E-state index >= 15 is 0 Å². The first-order valence-corrected chi connectivity index (χ1v) is 8.95. The van der Waals surface area contributed by atoms with E-state index in [0.717, 1.165) is 23.9 Å². The third kappa shape index (κ3) is 3.99. The van der Waals surface area contributed by atoms with Crippen molar-refractivity contribution < 1.29 is 13.2 Å². The van der Waals surface area contributed by atoms with Gasteiger partial charge in [0.25, 0.3) is 5.91 Å². The van der Waals surface area contributed by atoms with Crippen LogP contribution < -0.4 is 0 Å². The number of amides is 1. The molecule has 126 valence electrons. The van der Waals surface area contributed by atoms with Gasteiger partial charge in [-0.3, -0.25) is 9.69 Å². The molecular formula is C16H23N3O3S. The van der Waals surface area contributed by atoms with E-state index in [2.05, 4.69) is 11.5 Å². The SMILES string of the molecule is C=CCN1CCN(C(=O)c2ccc(S(=O)(=O)N(C)C)cc2)CC1. The predicted molar refractivity (Wildman–Crippen MR) is 89.9 cm³/mol. The van der Waals surface area contributed by atoms with Crippen molar-refractivity contribution in [2.75, 3.05) is 46.8 Å². The summed E-state index contributed by atoms with van der Waals surface area (Å²) in [5.41, 5.74) is 0.514. The monoisotopic (exact) mass is 337 g/mol. The molecule has 7 heteroatoms. The average Bonchev–Trinajstić information content (AvgIpc) is 2.55.